The molecule has 3 heterocycles. The van der Waals surface area contributed by atoms with Crippen LogP contribution in [0.5, 0.6) is 0 Å². The number of fused-ring (bicyclic) bond motifs is 1. The largest absolute Gasteiger partial charge is 0.447 e. The third kappa shape index (κ3) is 5.99. The molecule has 5 rings (SSSR count). The highest BCUT2D eigenvalue weighted by molar-refractivity contribution is 5.91. The van der Waals surface area contributed by atoms with Crippen molar-refractivity contribution < 1.29 is 13.9 Å². The molecule has 1 aliphatic rings. The van der Waals surface area contributed by atoms with E-state index >= 15 is 0 Å². The van der Waals surface area contributed by atoms with E-state index in [9.17, 15) is 4.79 Å². The van der Waals surface area contributed by atoms with Crippen LogP contribution < -0.4 is 5.32 Å². The van der Waals surface area contributed by atoms with Crippen molar-refractivity contribution in [2.24, 2.45) is 0 Å². The summed E-state index contributed by atoms with van der Waals surface area (Å²) in [5, 5.41) is 4.16. The first-order valence-electron chi connectivity index (χ1n) is 12.3. The minimum atomic E-state index is -0.223. The summed E-state index contributed by atoms with van der Waals surface area (Å²) in [5.74, 6) is 0.318. The summed E-state index contributed by atoms with van der Waals surface area (Å²) >= 11 is 0. The van der Waals surface area contributed by atoms with Crippen LogP contribution in [0.15, 0.2) is 65.4 Å². The van der Waals surface area contributed by atoms with Crippen molar-refractivity contribution in [2.45, 2.75) is 45.4 Å². The van der Waals surface area contributed by atoms with Crippen molar-refractivity contribution in [3.63, 3.8) is 0 Å². The van der Waals surface area contributed by atoms with Crippen molar-refractivity contribution >= 4 is 16.8 Å². The zero-order valence-corrected chi connectivity index (χ0v) is 20.1. The molecule has 1 fully saturated rings. The number of para-hydroxylation sites is 1. The van der Waals surface area contributed by atoms with Gasteiger partial charge in [0.25, 0.3) is 5.91 Å². The van der Waals surface area contributed by atoms with Gasteiger partial charge in [-0.15, -0.1) is 0 Å². The summed E-state index contributed by atoms with van der Waals surface area (Å²) in [6.07, 6.45) is 6.56. The Morgan fingerprint density at radius 1 is 1.20 bits per heavy atom. The highest BCUT2D eigenvalue weighted by Gasteiger charge is 2.19. The lowest BCUT2D eigenvalue weighted by molar-refractivity contribution is 0.0853. The molecular weight excluding hydrogens is 440 g/mol. The zero-order chi connectivity index (χ0) is 24.0. The molecule has 0 unspecified atom stereocenters. The standard InChI is InChI=1S/C28H32N4O3/c1-20-6-4-7-21(14-20)17-32(12-11-22-15-29-25-10-3-2-9-24(22)25)18-27-31-26(19-35-27)28(33)30-16-23-8-5-13-34-23/h2-4,6-7,9-10,14-15,19,23,29H,5,8,11-13,16-18H2,1H3,(H,30,33)/t23-/m1/s1. The van der Waals surface area contributed by atoms with Crippen LogP contribution in [0, 0.1) is 6.92 Å². The fourth-order valence-electron chi connectivity index (χ4n) is 4.68. The number of aromatic amines is 1. The van der Waals surface area contributed by atoms with Gasteiger partial charge in [-0.2, -0.15) is 0 Å². The lowest BCUT2D eigenvalue weighted by Gasteiger charge is -2.21. The Morgan fingerprint density at radius 2 is 2.11 bits per heavy atom. The molecule has 4 aromatic rings. The van der Waals surface area contributed by atoms with Crippen molar-refractivity contribution in [2.75, 3.05) is 19.7 Å². The van der Waals surface area contributed by atoms with Gasteiger partial charge < -0.3 is 19.5 Å². The number of benzene rings is 2. The van der Waals surface area contributed by atoms with Crippen LogP contribution >= 0.6 is 0 Å². The maximum absolute atomic E-state index is 12.5. The van der Waals surface area contributed by atoms with Crippen LogP contribution in [0.25, 0.3) is 10.9 Å². The highest BCUT2D eigenvalue weighted by Crippen LogP contribution is 2.20. The molecule has 2 N–H and O–H groups in total. The molecule has 1 atom stereocenters. The Labute approximate surface area is 205 Å². The first-order chi connectivity index (χ1) is 17.1. The monoisotopic (exact) mass is 472 g/mol. The van der Waals surface area contributed by atoms with Gasteiger partial charge in [0.1, 0.15) is 6.26 Å². The predicted octanol–water partition coefficient (Wildman–Crippen LogP) is 4.62. The Bertz CT molecular complexity index is 1270. The molecular formula is C28H32N4O3. The number of aryl methyl sites for hydroxylation is 1. The van der Waals surface area contributed by atoms with Gasteiger partial charge in [0.05, 0.1) is 12.6 Å². The van der Waals surface area contributed by atoms with Crippen LogP contribution in [0.3, 0.4) is 0 Å². The number of nitrogens with one attached hydrogen (secondary N) is 2. The Morgan fingerprint density at radius 3 is 2.97 bits per heavy atom. The maximum Gasteiger partial charge on any atom is 0.273 e. The number of nitrogens with zero attached hydrogens (tertiary/aromatic N) is 2. The number of ether oxygens (including phenoxy) is 1. The third-order valence-corrected chi connectivity index (χ3v) is 6.52. The van der Waals surface area contributed by atoms with Crippen LogP contribution in [-0.4, -0.2) is 46.6 Å². The highest BCUT2D eigenvalue weighted by atomic mass is 16.5. The number of amides is 1. The number of carbonyl (C=O) groups is 1. The van der Waals surface area contributed by atoms with Gasteiger partial charge in [0, 0.05) is 43.3 Å². The molecule has 0 saturated carbocycles. The van der Waals surface area contributed by atoms with Gasteiger partial charge in [0.2, 0.25) is 5.89 Å². The van der Waals surface area contributed by atoms with E-state index in [0.717, 1.165) is 44.5 Å². The summed E-state index contributed by atoms with van der Waals surface area (Å²) < 4.78 is 11.3. The van der Waals surface area contributed by atoms with E-state index in [1.54, 1.807) is 0 Å². The molecule has 2 aromatic heterocycles. The fourth-order valence-corrected chi connectivity index (χ4v) is 4.68. The number of carbonyl (C=O) groups excluding carboxylic acids is 1. The number of hydrogen-bond donors (Lipinski definition) is 2. The predicted molar refractivity (Wildman–Crippen MR) is 135 cm³/mol. The molecule has 1 saturated heterocycles. The van der Waals surface area contributed by atoms with E-state index in [2.05, 4.69) is 75.8 Å². The average Bonchev–Trinajstić information content (AvgIpc) is 3.62. The maximum atomic E-state index is 12.5. The smallest absolute Gasteiger partial charge is 0.273 e. The van der Waals surface area contributed by atoms with Gasteiger partial charge in [-0.05, 0) is 43.4 Å². The molecule has 1 amide bonds. The summed E-state index contributed by atoms with van der Waals surface area (Å²) in [7, 11) is 0. The van der Waals surface area contributed by atoms with E-state index in [1.165, 1.54) is 28.3 Å². The van der Waals surface area contributed by atoms with E-state index in [1.807, 2.05) is 6.07 Å². The molecule has 2 aromatic carbocycles. The molecule has 0 spiro atoms. The number of rotatable bonds is 10. The summed E-state index contributed by atoms with van der Waals surface area (Å²) in [4.78, 5) is 22.7. The van der Waals surface area contributed by atoms with Crippen molar-refractivity contribution in [3.05, 3.63) is 89.3 Å². The molecule has 182 valence electrons. The van der Waals surface area contributed by atoms with E-state index in [-0.39, 0.29) is 12.0 Å². The summed E-state index contributed by atoms with van der Waals surface area (Å²) in [5.41, 5.74) is 5.23. The van der Waals surface area contributed by atoms with Crippen LogP contribution in [0.1, 0.15) is 45.9 Å². The second kappa shape index (κ2) is 10.9. The Balaban J connectivity index is 1.26. The molecule has 0 aliphatic carbocycles. The molecule has 7 heteroatoms. The summed E-state index contributed by atoms with van der Waals surface area (Å²) in [6.45, 7) is 5.51. The third-order valence-electron chi connectivity index (χ3n) is 6.52. The first kappa shape index (κ1) is 23.3. The first-order valence-corrected chi connectivity index (χ1v) is 12.3. The molecule has 0 radical (unpaired) electrons. The average molecular weight is 473 g/mol. The minimum Gasteiger partial charge on any atom is -0.447 e. The van der Waals surface area contributed by atoms with Crippen LogP contribution in [0.4, 0.5) is 0 Å². The molecule has 0 bridgehead atoms. The number of oxazole rings is 1. The van der Waals surface area contributed by atoms with Crippen LogP contribution in [-0.2, 0) is 24.2 Å². The second-order valence-electron chi connectivity index (χ2n) is 9.28. The lowest BCUT2D eigenvalue weighted by Crippen LogP contribution is -2.32. The van der Waals surface area contributed by atoms with Crippen molar-refractivity contribution in [1.29, 1.82) is 0 Å². The Kier molecular flexibility index (Phi) is 7.25. The zero-order valence-electron chi connectivity index (χ0n) is 20.1. The van der Waals surface area contributed by atoms with Crippen LogP contribution in [0.2, 0.25) is 0 Å². The molecule has 35 heavy (non-hydrogen) atoms. The summed E-state index contributed by atoms with van der Waals surface area (Å²) in [6, 6.07) is 16.9. The minimum absolute atomic E-state index is 0.0969. The van der Waals surface area contributed by atoms with Gasteiger partial charge in [-0.25, -0.2) is 4.98 Å². The Hall–Kier alpha value is -3.42. The van der Waals surface area contributed by atoms with Crippen molar-refractivity contribution in [3.8, 4) is 0 Å². The lowest BCUT2D eigenvalue weighted by atomic mass is 10.1. The number of H-pyrrole nitrogens is 1. The second-order valence-corrected chi connectivity index (χ2v) is 9.28. The quantitative estimate of drug-likeness (QED) is 0.352. The SMILES string of the molecule is Cc1cccc(CN(CCc2c[nH]c3ccccc23)Cc2nc(C(=O)NC[C@H]3CCCO3)co2)c1. The number of hydrogen-bond acceptors (Lipinski definition) is 5. The fraction of sp³-hybridized carbons (Fsp3) is 0.357. The van der Waals surface area contributed by atoms with Gasteiger partial charge in [0.15, 0.2) is 5.69 Å². The topological polar surface area (TPSA) is 83.4 Å². The van der Waals surface area contributed by atoms with Gasteiger partial charge in [-0.1, -0.05) is 48.0 Å². The molecule has 7 nitrogen and oxygen atoms in total. The van der Waals surface area contributed by atoms with E-state index < -0.39 is 0 Å². The normalized spacial score (nSPS) is 15.8. The van der Waals surface area contributed by atoms with Gasteiger partial charge >= 0.3 is 0 Å². The number of aromatic nitrogens is 2. The van der Waals surface area contributed by atoms with Gasteiger partial charge in [-0.3, -0.25) is 9.69 Å². The molecule has 1 aliphatic heterocycles. The van der Waals surface area contributed by atoms with E-state index in [4.69, 9.17) is 9.15 Å². The van der Waals surface area contributed by atoms with Crippen molar-refractivity contribution in [1.82, 2.24) is 20.2 Å². The van der Waals surface area contributed by atoms with E-state index in [0.29, 0.717) is 24.7 Å².